The maximum Gasteiger partial charge on any atom is 0.362 e. The molecule has 0 heterocycles. The zero-order chi connectivity index (χ0) is 31.6. The first-order chi connectivity index (χ1) is 20.2. The summed E-state index contributed by atoms with van der Waals surface area (Å²) in [6.07, 6.45) is 28.4. The molecule has 0 saturated heterocycles. The third-order valence-corrected chi connectivity index (χ3v) is 9.04. The summed E-state index contributed by atoms with van der Waals surface area (Å²) in [6, 6.07) is -3.18. The van der Waals surface area contributed by atoms with Crippen molar-refractivity contribution in [2.45, 2.75) is 187 Å². The fraction of sp³-hybridized carbons (Fsp3) is 0.857. The van der Waals surface area contributed by atoms with Crippen LogP contribution < -0.4 is 0 Å². The molecule has 0 aromatic rings. The Morgan fingerprint density at radius 2 is 0.762 bits per heavy atom. The van der Waals surface area contributed by atoms with E-state index in [1.165, 1.54) is 96.3 Å². The zero-order valence-electron chi connectivity index (χ0n) is 27.7. The number of allylic oxidation sites excluding steroid dienone is 2. The van der Waals surface area contributed by atoms with Crippen molar-refractivity contribution in [3.8, 4) is 0 Å². The average molecular weight is 597 g/mol. The second-order valence-electron chi connectivity index (χ2n) is 12.2. The first-order valence-electron chi connectivity index (χ1n) is 17.4. The second kappa shape index (κ2) is 25.6. The SMILES string of the molecule is CCC/C=C/CCCCCCCCCCCCCCCCCC[N+](C(CC)C(=O)O)(C(CC)C(=O)O)C(CC)C(=O)O. The Labute approximate surface area is 257 Å². The number of carboxylic acids is 3. The fourth-order valence-corrected chi connectivity index (χ4v) is 6.80. The minimum absolute atomic E-state index is 0.195. The minimum atomic E-state index is -1.11. The molecular weight excluding hydrogens is 530 g/mol. The van der Waals surface area contributed by atoms with Crippen molar-refractivity contribution in [3.05, 3.63) is 12.2 Å². The minimum Gasteiger partial charge on any atom is -0.477 e. The first kappa shape index (κ1) is 40.1. The van der Waals surface area contributed by atoms with E-state index in [1.807, 2.05) is 0 Å². The lowest BCUT2D eigenvalue weighted by Gasteiger charge is -2.49. The zero-order valence-corrected chi connectivity index (χ0v) is 27.7. The van der Waals surface area contributed by atoms with Crippen molar-refractivity contribution in [2.75, 3.05) is 6.54 Å². The molecule has 7 heteroatoms. The molecule has 0 aromatic carbocycles. The van der Waals surface area contributed by atoms with Gasteiger partial charge in [-0.1, -0.05) is 130 Å². The van der Waals surface area contributed by atoms with Gasteiger partial charge in [-0.15, -0.1) is 0 Å². The first-order valence-corrected chi connectivity index (χ1v) is 17.4. The van der Waals surface area contributed by atoms with Gasteiger partial charge in [0.2, 0.25) is 0 Å². The summed E-state index contributed by atoms with van der Waals surface area (Å²) in [7, 11) is 0. The van der Waals surface area contributed by atoms with Crippen LogP contribution in [-0.2, 0) is 14.4 Å². The summed E-state index contributed by atoms with van der Waals surface area (Å²) in [5, 5.41) is 30.1. The van der Waals surface area contributed by atoms with Gasteiger partial charge in [0.05, 0.1) is 6.54 Å². The number of carboxylic acid groups (broad SMARTS) is 3. The molecule has 0 amide bonds. The third kappa shape index (κ3) is 15.5. The molecular formula is C35H66NO6+. The number of nitrogens with zero attached hydrogens (tertiary/aromatic N) is 1. The largest absolute Gasteiger partial charge is 0.477 e. The summed E-state index contributed by atoms with van der Waals surface area (Å²) in [6.45, 7) is 7.62. The molecule has 0 aliphatic heterocycles. The Hall–Kier alpha value is -1.89. The normalized spacial score (nSPS) is 15.3. The van der Waals surface area contributed by atoms with Gasteiger partial charge in [-0.3, -0.25) is 4.48 Å². The van der Waals surface area contributed by atoms with Crippen LogP contribution >= 0.6 is 0 Å². The van der Waals surface area contributed by atoms with Crippen LogP contribution in [0.4, 0.5) is 0 Å². The van der Waals surface area contributed by atoms with Crippen LogP contribution in [0.15, 0.2) is 12.2 Å². The highest BCUT2D eigenvalue weighted by atomic mass is 16.4. The molecule has 246 valence electrons. The molecule has 0 aliphatic rings. The molecule has 0 fully saturated rings. The molecule has 0 saturated carbocycles. The topological polar surface area (TPSA) is 112 Å². The van der Waals surface area contributed by atoms with E-state index < -0.39 is 40.5 Å². The van der Waals surface area contributed by atoms with E-state index >= 15 is 0 Å². The highest BCUT2D eigenvalue weighted by molar-refractivity contribution is 5.78. The summed E-state index contributed by atoms with van der Waals surface area (Å²) >= 11 is 0. The van der Waals surface area contributed by atoms with E-state index in [-0.39, 0.29) is 25.8 Å². The summed E-state index contributed by atoms with van der Waals surface area (Å²) in [4.78, 5) is 36.8. The number of hydrogen-bond acceptors (Lipinski definition) is 3. The van der Waals surface area contributed by atoms with Gasteiger partial charge in [-0.2, -0.15) is 0 Å². The summed E-state index contributed by atoms with van der Waals surface area (Å²) < 4.78 is -0.403. The Bertz CT molecular complexity index is 682. The van der Waals surface area contributed by atoms with Crippen molar-refractivity contribution in [1.29, 1.82) is 0 Å². The Balaban J connectivity index is 4.33. The van der Waals surface area contributed by atoms with E-state index in [1.54, 1.807) is 20.8 Å². The van der Waals surface area contributed by atoms with Gasteiger partial charge >= 0.3 is 17.9 Å². The highest BCUT2D eigenvalue weighted by Crippen LogP contribution is 2.32. The maximum absolute atomic E-state index is 12.3. The molecule has 7 nitrogen and oxygen atoms in total. The van der Waals surface area contributed by atoms with Crippen LogP contribution in [0.1, 0.15) is 169 Å². The summed E-state index contributed by atoms with van der Waals surface area (Å²) in [5.41, 5.74) is 0. The van der Waals surface area contributed by atoms with Crippen molar-refractivity contribution in [2.24, 2.45) is 0 Å². The van der Waals surface area contributed by atoms with Gasteiger partial charge in [0.15, 0.2) is 18.1 Å². The lowest BCUT2D eigenvalue weighted by molar-refractivity contribution is -0.973. The number of hydrogen-bond donors (Lipinski definition) is 3. The monoisotopic (exact) mass is 596 g/mol. The second-order valence-corrected chi connectivity index (χ2v) is 12.2. The predicted molar refractivity (Wildman–Crippen MR) is 173 cm³/mol. The Morgan fingerprint density at radius 3 is 1.05 bits per heavy atom. The van der Waals surface area contributed by atoms with Gasteiger partial charge in [-0.05, 0) is 32.1 Å². The molecule has 42 heavy (non-hydrogen) atoms. The molecule has 3 N–H and O–H groups in total. The Morgan fingerprint density at radius 1 is 0.476 bits per heavy atom. The number of carbonyl (C=O) groups is 3. The van der Waals surface area contributed by atoms with Crippen LogP contribution in [0, 0.1) is 0 Å². The van der Waals surface area contributed by atoms with E-state index in [2.05, 4.69) is 19.1 Å². The lowest BCUT2D eigenvalue weighted by atomic mass is 9.93. The smallest absolute Gasteiger partial charge is 0.362 e. The molecule has 0 aromatic heterocycles. The maximum atomic E-state index is 12.3. The van der Waals surface area contributed by atoms with Gasteiger partial charge in [-0.25, -0.2) is 14.4 Å². The van der Waals surface area contributed by atoms with E-state index in [0.717, 1.165) is 19.3 Å². The van der Waals surface area contributed by atoms with Gasteiger partial charge < -0.3 is 15.3 Å². The fourth-order valence-electron chi connectivity index (χ4n) is 6.80. The van der Waals surface area contributed by atoms with Crippen molar-refractivity contribution in [1.82, 2.24) is 0 Å². The lowest BCUT2D eigenvalue weighted by Crippen LogP contribution is -2.72. The molecule has 0 radical (unpaired) electrons. The van der Waals surface area contributed by atoms with Crippen LogP contribution in [0.5, 0.6) is 0 Å². The van der Waals surface area contributed by atoms with Crippen LogP contribution in [0.3, 0.4) is 0 Å². The van der Waals surface area contributed by atoms with Crippen molar-refractivity contribution < 1.29 is 34.2 Å². The van der Waals surface area contributed by atoms with E-state index in [0.29, 0.717) is 6.42 Å². The molecule has 3 unspecified atom stereocenters. The number of aliphatic carboxylic acids is 3. The molecule has 0 rings (SSSR count). The number of quaternary nitrogens is 1. The van der Waals surface area contributed by atoms with Crippen molar-refractivity contribution in [3.63, 3.8) is 0 Å². The highest BCUT2D eigenvalue weighted by Gasteiger charge is 2.55. The Kier molecular flexibility index (Phi) is 24.4. The quantitative estimate of drug-likeness (QED) is 0.0433. The van der Waals surface area contributed by atoms with Gasteiger partial charge in [0.25, 0.3) is 0 Å². The van der Waals surface area contributed by atoms with Crippen LogP contribution in [0.2, 0.25) is 0 Å². The standard InChI is InChI=1S/C35H65NO6/c1-5-9-10-11-12-13-14-15-16-17-18-19-20-21-22-23-24-25-26-27-28-29-36(30(6-2)33(37)38,31(7-3)34(39)40)32(8-4)35(41)42/h10-11,30-32H,5-9,12-29H2,1-4H3,(H2-,37,38,39,40,41,42)/p+1/b11-10+. The molecule has 0 spiro atoms. The van der Waals surface area contributed by atoms with E-state index in [4.69, 9.17) is 0 Å². The molecule has 0 bridgehead atoms. The van der Waals surface area contributed by atoms with Crippen LogP contribution in [-0.4, -0.2) is 62.4 Å². The molecule has 0 aliphatic carbocycles. The van der Waals surface area contributed by atoms with Gasteiger partial charge in [0, 0.05) is 19.3 Å². The predicted octanol–water partition coefficient (Wildman–Crippen LogP) is 9.38. The average Bonchev–Trinajstić information content (AvgIpc) is 2.94. The van der Waals surface area contributed by atoms with Crippen molar-refractivity contribution >= 4 is 17.9 Å². The van der Waals surface area contributed by atoms with Crippen LogP contribution in [0.25, 0.3) is 0 Å². The summed E-state index contributed by atoms with van der Waals surface area (Å²) in [5.74, 6) is -3.34. The number of unbranched alkanes of at least 4 members (excludes halogenated alkanes) is 17. The number of rotatable bonds is 30. The third-order valence-electron chi connectivity index (χ3n) is 9.04. The molecule has 3 atom stereocenters. The van der Waals surface area contributed by atoms with Gasteiger partial charge in [0.1, 0.15) is 0 Å². The van der Waals surface area contributed by atoms with E-state index in [9.17, 15) is 29.7 Å².